The van der Waals surface area contributed by atoms with Crippen LogP contribution in [0.1, 0.15) is 31.4 Å². The number of aliphatic imine (C=N–C) groups is 1. The van der Waals surface area contributed by atoms with Crippen LogP contribution in [-0.2, 0) is 0 Å². The second-order valence-electron chi connectivity index (χ2n) is 6.79. The summed E-state index contributed by atoms with van der Waals surface area (Å²) in [5.74, 6) is 1.39. The van der Waals surface area contributed by atoms with E-state index in [2.05, 4.69) is 53.3 Å². The number of likely N-dealkylation sites (tertiary alicyclic amines) is 1. The SMILES string of the molecule is CCN1CCCC1CNC(N)=NCC(c1cccc(OC)c1)N(C)C. The van der Waals surface area contributed by atoms with Gasteiger partial charge in [0, 0.05) is 12.6 Å². The molecule has 1 aliphatic heterocycles. The Bertz CT molecular complexity index is 561. The maximum atomic E-state index is 6.10. The van der Waals surface area contributed by atoms with Crippen molar-refractivity contribution in [2.24, 2.45) is 10.7 Å². The molecule has 2 unspecified atom stereocenters. The average Bonchev–Trinajstić information content (AvgIpc) is 3.07. The van der Waals surface area contributed by atoms with Crippen molar-refractivity contribution >= 4 is 5.96 Å². The van der Waals surface area contributed by atoms with Gasteiger partial charge in [0.1, 0.15) is 5.75 Å². The lowest BCUT2D eigenvalue weighted by Gasteiger charge is -2.25. The van der Waals surface area contributed by atoms with E-state index in [1.54, 1.807) is 7.11 Å². The van der Waals surface area contributed by atoms with Crippen LogP contribution in [0, 0.1) is 0 Å². The number of nitrogens with one attached hydrogen (secondary N) is 1. The molecule has 2 atom stereocenters. The van der Waals surface area contributed by atoms with Crippen molar-refractivity contribution in [3.05, 3.63) is 29.8 Å². The largest absolute Gasteiger partial charge is 0.497 e. The summed E-state index contributed by atoms with van der Waals surface area (Å²) >= 11 is 0. The minimum Gasteiger partial charge on any atom is -0.497 e. The van der Waals surface area contributed by atoms with Gasteiger partial charge < -0.3 is 20.7 Å². The zero-order valence-corrected chi connectivity index (χ0v) is 16.0. The summed E-state index contributed by atoms with van der Waals surface area (Å²) in [5.41, 5.74) is 7.27. The van der Waals surface area contributed by atoms with Gasteiger partial charge in [-0.2, -0.15) is 0 Å². The molecule has 1 saturated heterocycles. The van der Waals surface area contributed by atoms with Crippen LogP contribution in [0.5, 0.6) is 5.75 Å². The summed E-state index contributed by atoms with van der Waals surface area (Å²) in [6, 6.07) is 8.85. The zero-order chi connectivity index (χ0) is 18.2. The third-order valence-electron chi connectivity index (χ3n) is 4.96. The van der Waals surface area contributed by atoms with Gasteiger partial charge in [-0.15, -0.1) is 0 Å². The first-order valence-electron chi connectivity index (χ1n) is 9.13. The summed E-state index contributed by atoms with van der Waals surface area (Å²) in [7, 11) is 5.80. The summed E-state index contributed by atoms with van der Waals surface area (Å²) in [6.45, 7) is 5.99. The zero-order valence-electron chi connectivity index (χ0n) is 16.0. The molecule has 6 heteroatoms. The van der Waals surface area contributed by atoms with Crippen molar-refractivity contribution in [2.45, 2.75) is 31.8 Å². The van der Waals surface area contributed by atoms with Crippen molar-refractivity contribution in [3.8, 4) is 5.75 Å². The van der Waals surface area contributed by atoms with Gasteiger partial charge in [-0.25, -0.2) is 0 Å². The van der Waals surface area contributed by atoms with Gasteiger partial charge in [0.2, 0.25) is 0 Å². The van der Waals surface area contributed by atoms with Gasteiger partial charge in [-0.05, 0) is 57.7 Å². The molecular formula is C19H33N5O. The summed E-state index contributed by atoms with van der Waals surface area (Å²) in [5, 5.41) is 3.30. The fourth-order valence-electron chi connectivity index (χ4n) is 3.42. The number of hydrogen-bond acceptors (Lipinski definition) is 4. The van der Waals surface area contributed by atoms with Gasteiger partial charge in [-0.3, -0.25) is 9.89 Å². The lowest BCUT2D eigenvalue weighted by molar-refractivity contribution is 0.267. The molecule has 0 spiro atoms. The Hall–Kier alpha value is -1.79. The minimum absolute atomic E-state index is 0.161. The Kier molecular flexibility index (Phi) is 7.52. The normalized spacial score (nSPS) is 20.0. The molecule has 6 nitrogen and oxygen atoms in total. The summed E-state index contributed by atoms with van der Waals surface area (Å²) in [6.07, 6.45) is 2.51. The van der Waals surface area contributed by atoms with E-state index in [1.807, 2.05) is 12.1 Å². The van der Waals surface area contributed by atoms with Crippen LogP contribution in [0.4, 0.5) is 0 Å². The van der Waals surface area contributed by atoms with Crippen LogP contribution >= 0.6 is 0 Å². The lowest BCUT2D eigenvalue weighted by atomic mass is 10.1. The van der Waals surface area contributed by atoms with Crippen LogP contribution in [0.15, 0.2) is 29.3 Å². The molecule has 0 bridgehead atoms. The number of likely N-dealkylation sites (N-methyl/N-ethyl adjacent to an activating group) is 2. The molecule has 0 radical (unpaired) electrons. The van der Waals surface area contributed by atoms with E-state index >= 15 is 0 Å². The quantitative estimate of drug-likeness (QED) is 0.553. The molecular weight excluding hydrogens is 314 g/mol. The van der Waals surface area contributed by atoms with Gasteiger partial charge in [0.25, 0.3) is 0 Å². The highest BCUT2D eigenvalue weighted by atomic mass is 16.5. The minimum atomic E-state index is 0.161. The molecule has 0 amide bonds. The third kappa shape index (κ3) is 5.61. The number of nitrogens with two attached hydrogens (primary N) is 1. The number of benzene rings is 1. The third-order valence-corrected chi connectivity index (χ3v) is 4.96. The lowest BCUT2D eigenvalue weighted by Crippen LogP contribution is -2.43. The van der Waals surface area contributed by atoms with Crippen LogP contribution in [0.2, 0.25) is 0 Å². The molecule has 25 heavy (non-hydrogen) atoms. The van der Waals surface area contributed by atoms with Gasteiger partial charge >= 0.3 is 0 Å². The molecule has 140 valence electrons. The highest BCUT2D eigenvalue weighted by Crippen LogP contribution is 2.23. The first-order valence-corrected chi connectivity index (χ1v) is 9.13. The summed E-state index contributed by atoms with van der Waals surface area (Å²) < 4.78 is 5.33. The van der Waals surface area contributed by atoms with Crippen LogP contribution in [-0.4, -0.2) is 69.2 Å². The maximum absolute atomic E-state index is 6.10. The Morgan fingerprint density at radius 3 is 2.96 bits per heavy atom. The van der Waals surface area contributed by atoms with Gasteiger partial charge in [-0.1, -0.05) is 19.1 Å². The second-order valence-corrected chi connectivity index (χ2v) is 6.79. The highest BCUT2D eigenvalue weighted by molar-refractivity contribution is 5.77. The number of hydrogen-bond donors (Lipinski definition) is 2. The molecule has 2 rings (SSSR count). The number of guanidine groups is 1. The number of ether oxygens (including phenoxy) is 1. The molecule has 0 aliphatic carbocycles. The fourth-order valence-corrected chi connectivity index (χ4v) is 3.42. The van der Waals surface area contributed by atoms with Crippen LogP contribution in [0.3, 0.4) is 0 Å². The van der Waals surface area contributed by atoms with Gasteiger partial charge in [0.05, 0.1) is 19.7 Å². The van der Waals surface area contributed by atoms with Crippen molar-refractivity contribution in [3.63, 3.8) is 0 Å². The van der Waals surface area contributed by atoms with E-state index in [0.29, 0.717) is 18.5 Å². The molecule has 0 aromatic heterocycles. The van der Waals surface area contributed by atoms with Crippen molar-refractivity contribution in [2.75, 3.05) is 47.4 Å². The Labute approximate surface area is 152 Å². The molecule has 1 fully saturated rings. The van der Waals surface area contributed by atoms with Crippen LogP contribution < -0.4 is 15.8 Å². The van der Waals surface area contributed by atoms with Crippen molar-refractivity contribution in [1.29, 1.82) is 0 Å². The highest BCUT2D eigenvalue weighted by Gasteiger charge is 2.22. The first-order chi connectivity index (χ1) is 12.0. The smallest absolute Gasteiger partial charge is 0.188 e. The van der Waals surface area contributed by atoms with Crippen molar-refractivity contribution in [1.82, 2.24) is 15.1 Å². The van der Waals surface area contributed by atoms with Crippen molar-refractivity contribution < 1.29 is 4.74 Å². The Balaban J connectivity index is 1.93. The predicted octanol–water partition coefficient (Wildman–Crippen LogP) is 1.69. The average molecular weight is 348 g/mol. The molecule has 3 N–H and O–H groups in total. The second kappa shape index (κ2) is 9.63. The monoisotopic (exact) mass is 347 g/mol. The standard InChI is InChI=1S/C19H33N5O/c1-5-24-11-7-9-16(24)13-21-19(20)22-14-18(23(2)3)15-8-6-10-17(12-15)25-4/h6,8,10,12,16,18H,5,7,9,11,13-14H2,1-4H3,(H3,20,21,22). The van der Waals surface area contributed by atoms with E-state index in [4.69, 9.17) is 10.5 Å². The Morgan fingerprint density at radius 1 is 1.48 bits per heavy atom. The topological polar surface area (TPSA) is 66.1 Å². The number of methoxy groups -OCH3 is 1. The van der Waals surface area contributed by atoms with E-state index in [-0.39, 0.29) is 6.04 Å². The van der Waals surface area contributed by atoms with Crippen LogP contribution in [0.25, 0.3) is 0 Å². The number of rotatable bonds is 8. The Morgan fingerprint density at radius 2 is 2.28 bits per heavy atom. The maximum Gasteiger partial charge on any atom is 0.188 e. The van der Waals surface area contributed by atoms with E-state index in [0.717, 1.165) is 18.8 Å². The van der Waals surface area contributed by atoms with Gasteiger partial charge in [0.15, 0.2) is 5.96 Å². The molecule has 0 saturated carbocycles. The van der Waals surface area contributed by atoms with E-state index in [1.165, 1.54) is 24.9 Å². The number of nitrogens with zero attached hydrogens (tertiary/aromatic N) is 3. The van der Waals surface area contributed by atoms with E-state index in [9.17, 15) is 0 Å². The summed E-state index contributed by atoms with van der Waals surface area (Å²) in [4.78, 5) is 9.23. The molecule has 1 aromatic rings. The molecule has 1 heterocycles. The van der Waals surface area contributed by atoms with E-state index < -0.39 is 0 Å². The predicted molar refractivity (Wildman–Crippen MR) is 104 cm³/mol. The molecule has 1 aromatic carbocycles. The first kappa shape index (κ1) is 19.5. The fraction of sp³-hybridized carbons (Fsp3) is 0.632. The molecule has 1 aliphatic rings.